The van der Waals surface area contributed by atoms with Gasteiger partial charge in [-0.25, -0.2) is 0 Å². The lowest BCUT2D eigenvalue weighted by Gasteiger charge is -2.51. The van der Waals surface area contributed by atoms with Gasteiger partial charge in [-0.2, -0.15) is 0 Å². The lowest BCUT2D eigenvalue weighted by atomic mass is 9.79. The first-order chi connectivity index (χ1) is 9.03. The van der Waals surface area contributed by atoms with Crippen LogP contribution in [0.1, 0.15) is 33.6 Å². The van der Waals surface area contributed by atoms with Crippen molar-refractivity contribution >= 4 is 5.69 Å². The van der Waals surface area contributed by atoms with Gasteiger partial charge < -0.3 is 15.4 Å². The van der Waals surface area contributed by atoms with E-state index in [0.29, 0.717) is 6.54 Å². The van der Waals surface area contributed by atoms with Gasteiger partial charge in [0, 0.05) is 31.8 Å². The molecule has 0 radical (unpaired) electrons. The number of nitrogens with two attached hydrogens (primary N) is 1. The van der Waals surface area contributed by atoms with Crippen LogP contribution in [0.2, 0.25) is 0 Å². The number of benzene rings is 1. The average Bonchev–Trinajstić information content (AvgIpc) is 2.39. The van der Waals surface area contributed by atoms with Gasteiger partial charge in [-0.3, -0.25) is 0 Å². The SMILES string of the molecule is CCN(c1ccccc1)C1(CN)CCOC(C)(C)C1. The van der Waals surface area contributed by atoms with Crippen molar-refractivity contribution in [3.63, 3.8) is 0 Å². The van der Waals surface area contributed by atoms with Crippen LogP contribution in [0.15, 0.2) is 30.3 Å². The molecule has 1 aliphatic rings. The number of nitrogens with zero attached hydrogens (tertiary/aromatic N) is 1. The standard InChI is InChI=1S/C16H26N2O/c1-4-18(14-8-6-5-7-9-14)16(13-17)10-11-19-15(2,3)12-16/h5-9H,4,10-13,17H2,1-3H3. The topological polar surface area (TPSA) is 38.5 Å². The average molecular weight is 262 g/mol. The van der Waals surface area contributed by atoms with Gasteiger partial charge in [0.25, 0.3) is 0 Å². The van der Waals surface area contributed by atoms with E-state index < -0.39 is 0 Å². The summed E-state index contributed by atoms with van der Waals surface area (Å²) in [6.45, 7) is 8.95. The maximum atomic E-state index is 6.18. The molecule has 0 aromatic heterocycles. The van der Waals surface area contributed by atoms with Crippen LogP contribution in [-0.2, 0) is 4.74 Å². The van der Waals surface area contributed by atoms with Gasteiger partial charge in [0.05, 0.1) is 11.1 Å². The summed E-state index contributed by atoms with van der Waals surface area (Å²) in [5.74, 6) is 0. The zero-order chi connectivity index (χ0) is 13.9. The molecule has 2 N–H and O–H groups in total. The van der Waals surface area contributed by atoms with Gasteiger partial charge in [-0.05, 0) is 39.3 Å². The largest absolute Gasteiger partial charge is 0.375 e. The molecular weight excluding hydrogens is 236 g/mol. The van der Waals surface area contributed by atoms with Gasteiger partial charge in [0.1, 0.15) is 0 Å². The minimum atomic E-state index is -0.0974. The third kappa shape index (κ3) is 2.93. The van der Waals surface area contributed by atoms with E-state index >= 15 is 0 Å². The second-order valence-corrected chi connectivity index (χ2v) is 6.04. The summed E-state index contributed by atoms with van der Waals surface area (Å²) in [7, 11) is 0. The normalized spacial score (nSPS) is 26.1. The van der Waals surface area contributed by atoms with E-state index in [2.05, 4.69) is 56.0 Å². The first-order valence-electron chi connectivity index (χ1n) is 7.20. The Bertz CT molecular complexity index is 404. The zero-order valence-corrected chi connectivity index (χ0v) is 12.4. The van der Waals surface area contributed by atoms with E-state index in [-0.39, 0.29) is 11.1 Å². The van der Waals surface area contributed by atoms with Gasteiger partial charge in [0.2, 0.25) is 0 Å². The van der Waals surface area contributed by atoms with Crippen LogP contribution in [0.4, 0.5) is 5.69 Å². The molecule has 3 heteroatoms. The Labute approximate surface area is 116 Å². The molecule has 1 aromatic rings. The quantitative estimate of drug-likeness (QED) is 0.907. The van der Waals surface area contributed by atoms with Gasteiger partial charge >= 0.3 is 0 Å². The molecule has 0 bridgehead atoms. The Morgan fingerprint density at radius 2 is 1.95 bits per heavy atom. The number of likely N-dealkylation sites (N-methyl/N-ethyl adjacent to an activating group) is 1. The summed E-state index contributed by atoms with van der Waals surface area (Å²) >= 11 is 0. The van der Waals surface area contributed by atoms with Crippen molar-refractivity contribution in [3.8, 4) is 0 Å². The van der Waals surface area contributed by atoms with Crippen LogP contribution in [0.3, 0.4) is 0 Å². The number of anilines is 1. The highest BCUT2D eigenvalue weighted by Crippen LogP contribution is 2.38. The van der Waals surface area contributed by atoms with Gasteiger partial charge in [-0.15, -0.1) is 0 Å². The van der Waals surface area contributed by atoms with E-state index in [4.69, 9.17) is 10.5 Å². The lowest BCUT2D eigenvalue weighted by molar-refractivity contribution is -0.0793. The summed E-state index contributed by atoms with van der Waals surface area (Å²) in [4.78, 5) is 2.46. The van der Waals surface area contributed by atoms with Crippen molar-refractivity contribution in [1.29, 1.82) is 0 Å². The van der Waals surface area contributed by atoms with Crippen LogP contribution in [-0.4, -0.2) is 30.8 Å². The Morgan fingerprint density at radius 3 is 2.47 bits per heavy atom. The van der Waals surface area contributed by atoms with Crippen LogP contribution in [0.25, 0.3) is 0 Å². The first kappa shape index (κ1) is 14.4. The third-order valence-electron chi connectivity index (χ3n) is 4.15. The Balaban J connectivity index is 2.33. The van der Waals surface area contributed by atoms with Crippen molar-refractivity contribution in [2.24, 2.45) is 5.73 Å². The van der Waals surface area contributed by atoms with E-state index in [1.54, 1.807) is 0 Å². The highest BCUT2D eigenvalue weighted by Gasteiger charge is 2.43. The number of para-hydroxylation sites is 1. The predicted octanol–water partition coefficient (Wildman–Crippen LogP) is 2.80. The number of rotatable bonds is 4. The molecule has 1 atom stereocenters. The van der Waals surface area contributed by atoms with Crippen molar-refractivity contribution in [2.75, 3.05) is 24.6 Å². The molecule has 0 saturated carbocycles. The molecule has 1 fully saturated rings. The van der Waals surface area contributed by atoms with E-state index in [1.165, 1.54) is 5.69 Å². The number of hydrogen-bond acceptors (Lipinski definition) is 3. The lowest BCUT2D eigenvalue weighted by Crippen LogP contribution is -2.61. The molecule has 3 nitrogen and oxygen atoms in total. The fraction of sp³-hybridized carbons (Fsp3) is 0.625. The van der Waals surface area contributed by atoms with Crippen molar-refractivity contribution in [1.82, 2.24) is 0 Å². The van der Waals surface area contributed by atoms with Crippen molar-refractivity contribution < 1.29 is 4.74 Å². The molecule has 1 heterocycles. The molecule has 1 saturated heterocycles. The van der Waals surface area contributed by atoms with Crippen LogP contribution < -0.4 is 10.6 Å². The molecule has 0 spiro atoms. The molecular formula is C16H26N2O. The first-order valence-corrected chi connectivity index (χ1v) is 7.20. The van der Waals surface area contributed by atoms with E-state index in [1.807, 2.05) is 0 Å². The minimum Gasteiger partial charge on any atom is -0.375 e. The minimum absolute atomic E-state index is 0.0118. The maximum Gasteiger partial charge on any atom is 0.0649 e. The molecule has 0 aliphatic carbocycles. The summed E-state index contributed by atoms with van der Waals surface area (Å²) in [5.41, 5.74) is 7.35. The summed E-state index contributed by atoms with van der Waals surface area (Å²) in [6, 6.07) is 10.6. The summed E-state index contributed by atoms with van der Waals surface area (Å²) < 4.78 is 5.87. The highest BCUT2D eigenvalue weighted by atomic mass is 16.5. The molecule has 106 valence electrons. The van der Waals surface area contributed by atoms with E-state index in [9.17, 15) is 0 Å². The molecule has 2 rings (SSSR count). The fourth-order valence-electron chi connectivity index (χ4n) is 3.36. The van der Waals surface area contributed by atoms with Crippen molar-refractivity contribution in [3.05, 3.63) is 30.3 Å². The second-order valence-electron chi connectivity index (χ2n) is 6.04. The summed E-state index contributed by atoms with van der Waals surface area (Å²) in [5, 5.41) is 0. The number of hydrogen-bond donors (Lipinski definition) is 1. The molecule has 1 unspecified atom stereocenters. The third-order valence-corrected chi connectivity index (χ3v) is 4.15. The summed E-state index contributed by atoms with van der Waals surface area (Å²) in [6.07, 6.45) is 1.97. The number of ether oxygens (including phenoxy) is 1. The van der Waals surface area contributed by atoms with Crippen molar-refractivity contribution in [2.45, 2.75) is 44.8 Å². The van der Waals surface area contributed by atoms with Gasteiger partial charge in [-0.1, -0.05) is 18.2 Å². The fourth-order valence-corrected chi connectivity index (χ4v) is 3.36. The predicted molar refractivity (Wildman–Crippen MR) is 80.5 cm³/mol. The molecule has 1 aliphatic heterocycles. The Hall–Kier alpha value is -1.06. The molecule has 0 amide bonds. The van der Waals surface area contributed by atoms with Crippen LogP contribution >= 0.6 is 0 Å². The Kier molecular flexibility index (Phi) is 4.16. The van der Waals surface area contributed by atoms with Gasteiger partial charge in [0.15, 0.2) is 0 Å². The second kappa shape index (κ2) is 5.51. The smallest absolute Gasteiger partial charge is 0.0649 e. The highest BCUT2D eigenvalue weighted by molar-refractivity contribution is 5.49. The maximum absolute atomic E-state index is 6.18. The van der Waals surface area contributed by atoms with Crippen LogP contribution in [0.5, 0.6) is 0 Å². The Morgan fingerprint density at radius 1 is 1.26 bits per heavy atom. The zero-order valence-electron chi connectivity index (χ0n) is 12.4. The molecule has 19 heavy (non-hydrogen) atoms. The van der Waals surface area contributed by atoms with Crippen LogP contribution in [0, 0.1) is 0 Å². The molecule has 1 aromatic carbocycles. The van der Waals surface area contributed by atoms with E-state index in [0.717, 1.165) is 26.0 Å². The monoisotopic (exact) mass is 262 g/mol.